The standard InChI is InChI=1S/C54H70N4O13/c1-52(2,3)69-46(60)42(55-49(63)66-34-37-21-13-10-14-22-37)27-19-20-30-58-32-40(28-29-43(47(61)70-53(4,5)6)56-50(64)67-35-38-23-15-11-16-24-38)41(45(59)33-58)31-44(48(62)71-54(7,8)9)57-51(65)68-36-39-25-17-12-18-26-39/h10-18,21-26,32-33,42-44H,19-20,27-31,34-36H2,1-9H3,(H3-,55,56,57,59,63,64,65)/p+1/t42-,43-,44-/m0/s1. The lowest BCUT2D eigenvalue weighted by molar-refractivity contribution is -0.698. The first-order chi connectivity index (χ1) is 33.4. The van der Waals surface area contributed by atoms with Gasteiger partial charge in [0.25, 0.3) is 0 Å². The number of benzene rings is 3. The van der Waals surface area contributed by atoms with E-state index < -0.39 is 71.1 Å². The van der Waals surface area contributed by atoms with Crippen LogP contribution in [0.4, 0.5) is 14.4 Å². The van der Waals surface area contributed by atoms with Crippen molar-refractivity contribution in [3.63, 3.8) is 0 Å². The minimum atomic E-state index is -1.34. The molecule has 1 heterocycles. The molecule has 71 heavy (non-hydrogen) atoms. The molecule has 4 aromatic rings. The topological polar surface area (TPSA) is 218 Å². The molecule has 0 spiro atoms. The van der Waals surface area contributed by atoms with Crippen LogP contribution in [0.2, 0.25) is 0 Å². The van der Waals surface area contributed by atoms with Crippen LogP contribution in [-0.4, -0.2) is 76.2 Å². The van der Waals surface area contributed by atoms with E-state index in [0.717, 1.165) is 16.7 Å². The highest BCUT2D eigenvalue weighted by Gasteiger charge is 2.33. The Morgan fingerprint density at radius 1 is 0.507 bits per heavy atom. The van der Waals surface area contributed by atoms with Crippen molar-refractivity contribution >= 4 is 36.2 Å². The molecule has 1 aromatic heterocycles. The number of rotatable bonds is 22. The molecule has 0 aliphatic heterocycles. The summed E-state index contributed by atoms with van der Waals surface area (Å²) in [6.07, 6.45) is 1.47. The maximum Gasteiger partial charge on any atom is 0.408 e. The molecule has 0 aliphatic carbocycles. The largest absolute Gasteiger partial charge is 0.503 e. The fourth-order valence-corrected chi connectivity index (χ4v) is 6.97. The van der Waals surface area contributed by atoms with Crippen molar-refractivity contribution < 1.29 is 66.9 Å². The van der Waals surface area contributed by atoms with Gasteiger partial charge in [-0.25, -0.2) is 33.3 Å². The number of aryl methyl sites for hydroxylation is 2. The fraction of sp³-hybridized carbons (Fsp3) is 0.463. The van der Waals surface area contributed by atoms with E-state index in [2.05, 4.69) is 16.0 Å². The number of aromatic hydroxyl groups is 1. The molecule has 4 rings (SSSR count). The van der Waals surface area contributed by atoms with Gasteiger partial charge in [0.05, 0.1) is 0 Å². The monoisotopic (exact) mass is 984 g/mol. The van der Waals surface area contributed by atoms with Gasteiger partial charge in [0.15, 0.2) is 11.9 Å². The van der Waals surface area contributed by atoms with Crippen molar-refractivity contribution in [2.45, 2.75) is 162 Å². The third-order valence-corrected chi connectivity index (χ3v) is 10.2. The molecule has 0 fully saturated rings. The average Bonchev–Trinajstić information content (AvgIpc) is 3.29. The number of aromatic nitrogens is 1. The number of unbranched alkanes of at least 4 members (excludes halogenated alkanes) is 1. The number of nitrogens with one attached hydrogen (secondary N) is 3. The molecular weight excluding hydrogens is 913 g/mol. The van der Waals surface area contributed by atoms with Crippen molar-refractivity contribution in [3.05, 3.63) is 131 Å². The van der Waals surface area contributed by atoms with Crippen LogP contribution in [0.5, 0.6) is 5.75 Å². The predicted molar refractivity (Wildman–Crippen MR) is 262 cm³/mol. The second-order valence-corrected chi connectivity index (χ2v) is 20.0. The minimum absolute atomic E-state index is 0.00598. The Labute approximate surface area is 416 Å². The molecule has 3 amide bonds. The van der Waals surface area contributed by atoms with Crippen molar-refractivity contribution in [2.75, 3.05) is 0 Å². The normalized spacial score (nSPS) is 12.8. The van der Waals surface area contributed by atoms with Crippen LogP contribution in [0.15, 0.2) is 103 Å². The number of alkyl carbamates (subject to hydrolysis) is 3. The summed E-state index contributed by atoms with van der Waals surface area (Å²) in [6.45, 7) is 15.5. The van der Waals surface area contributed by atoms with E-state index in [1.807, 2.05) is 42.5 Å². The van der Waals surface area contributed by atoms with Crippen LogP contribution in [0, 0.1) is 0 Å². The quantitative estimate of drug-likeness (QED) is 0.0253. The number of carbonyl (C=O) groups is 6. The molecule has 17 nitrogen and oxygen atoms in total. The molecular formula is C54H71N4O13+. The Balaban J connectivity index is 1.61. The third-order valence-electron chi connectivity index (χ3n) is 10.2. The molecule has 3 atom stereocenters. The van der Waals surface area contributed by atoms with Crippen LogP contribution >= 0.6 is 0 Å². The van der Waals surface area contributed by atoms with E-state index in [4.69, 9.17) is 28.4 Å². The average molecular weight is 984 g/mol. The highest BCUT2D eigenvalue weighted by Crippen LogP contribution is 2.25. The van der Waals surface area contributed by atoms with Gasteiger partial charge in [0.2, 0.25) is 6.20 Å². The summed E-state index contributed by atoms with van der Waals surface area (Å²) in [4.78, 5) is 80.1. The van der Waals surface area contributed by atoms with Crippen LogP contribution in [-0.2, 0) is 82.0 Å². The summed E-state index contributed by atoms with van der Waals surface area (Å²) in [5.74, 6) is -2.38. The van der Waals surface area contributed by atoms with Gasteiger partial charge in [-0.1, -0.05) is 91.0 Å². The van der Waals surface area contributed by atoms with Gasteiger partial charge in [0.1, 0.15) is 61.3 Å². The zero-order valence-electron chi connectivity index (χ0n) is 42.4. The van der Waals surface area contributed by atoms with Crippen LogP contribution in [0.25, 0.3) is 0 Å². The zero-order chi connectivity index (χ0) is 52.2. The van der Waals surface area contributed by atoms with E-state index in [1.54, 1.807) is 122 Å². The summed E-state index contributed by atoms with van der Waals surface area (Å²) in [5.41, 5.74) is 0.261. The molecule has 3 aromatic carbocycles. The Kier molecular flexibility index (Phi) is 21.2. The number of hydrogen-bond acceptors (Lipinski definition) is 13. The lowest BCUT2D eigenvalue weighted by Crippen LogP contribution is -2.46. The van der Waals surface area contributed by atoms with Gasteiger partial charge in [-0.05, 0) is 105 Å². The Morgan fingerprint density at radius 2 is 0.873 bits per heavy atom. The first-order valence-electron chi connectivity index (χ1n) is 23.8. The Bertz CT molecular complexity index is 2360. The third kappa shape index (κ3) is 22.0. The van der Waals surface area contributed by atoms with Crippen LogP contribution < -0.4 is 20.5 Å². The maximum atomic E-state index is 13.8. The molecule has 17 heteroatoms. The first kappa shape index (κ1) is 56.4. The fourth-order valence-electron chi connectivity index (χ4n) is 6.97. The van der Waals surface area contributed by atoms with Crippen molar-refractivity contribution in [1.82, 2.24) is 16.0 Å². The van der Waals surface area contributed by atoms with Gasteiger partial charge < -0.3 is 49.5 Å². The van der Waals surface area contributed by atoms with Gasteiger partial charge in [-0.3, -0.25) is 0 Å². The number of ether oxygens (including phenoxy) is 6. The number of carbonyl (C=O) groups excluding carboxylic acids is 6. The second-order valence-electron chi connectivity index (χ2n) is 20.0. The zero-order valence-corrected chi connectivity index (χ0v) is 42.4. The number of amides is 3. The van der Waals surface area contributed by atoms with Gasteiger partial charge >= 0.3 is 36.2 Å². The van der Waals surface area contributed by atoms with Crippen molar-refractivity contribution in [1.29, 1.82) is 0 Å². The van der Waals surface area contributed by atoms with E-state index in [-0.39, 0.29) is 56.8 Å². The molecule has 0 saturated heterocycles. The molecule has 0 unspecified atom stereocenters. The van der Waals surface area contributed by atoms with Crippen molar-refractivity contribution in [3.8, 4) is 5.75 Å². The summed E-state index contributed by atoms with van der Waals surface area (Å²) in [7, 11) is 0. The van der Waals surface area contributed by atoms with E-state index >= 15 is 0 Å². The number of hydrogen-bond donors (Lipinski definition) is 4. The van der Waals surface area contributed by atoms with Crippen LogP contribution in [0.1, 0.15) is 116 Å². The highest BCUT2D eigenvalue weighted by molar-refractivity contribution is 5.83. The van der Waals surface area contributed by atoms with Gasteiger partial charge in [-0.2, -0.15) is 0 Å². The van der Waals surface area contributed by atoms with E-state index in [0.29, 0.717) is 24.9 Å². The molecule has 384 valence electrons. The van der Waals surface area contributed by atoms with Crippen molar-refractivity contribution in [2.24, 2.45) is 0 Å². The minimum Gasteiger partial charge on any atom is -0.503 e. The first-order valence-corrected chi connectivity index (χ1v) is 23.8. The summed E-state index contributed by atoms with van der Waals surface area (Å²) < 4.78 is 35.1. The molecule has 0 aliphatic rings. The maximum absolute atomic E-state index is 13.8. The van der Waals surface area contributed by atoms with Gasteiger partial charge in [-0.15, -0.1) is 0 Å². The SMILES string of the molecule is CC(C)(C)OC(=O)[C@H](CCCC[n+]1cc(O)c(C[C@H](NC(=O)OCc2ccccc2)C(=O)OC(C)(C)C)c(CC[C@H](NC(=O)OCc2ccccc2)C(=O)OC(C)(C)C)c1)NC(=O)OCc1ccccc1. The van der Waals surface area contributed by atoms with E-state index in [1.165, 1.54) is 6.20 Å². The second kappa shape index (κ2) is 26.7. The van der Waals surface area contributed by atoms with E-state index in [9.17, 15) is 33.9 Å². The highest BCUT2D eigenvalue weighted by atomic mass is 16.6. The predicted octanol–water partition coefficient (Wildman–Crippen LogP) is 8.24. The molecule has 4 N–H and O–H groups in total. The van der Waals surface area contributed by atoms with Gasteiger partial charge in [0, 0.05) is 24.0 Å². The number of esters is 3. The lowest BCUT2D eigenvalue weighted by atomic mass is 9.96. The smallest absolute Gasteiger partial charge is 0.408 e. The summed E-state index contributed by atoms with van der Waals surface area (Å²) >= 11 is 0. The Morgan fingerprint density at radius 3 is 1.27 bits per heavy atom. The lowest BCUT2D eigenvalue weighted by Gasteiger charge is -2.26. The summed E-state index contributed by atoms with van der Waals surface area (Å²) in [5, 5.41) is 19.7. The molecule has 0 saturated carbocycles. The molecule has 0 bridgehead atoms. The number of pyridine rings is 1. The van der Waals surface area contributed by atoms with Crippen LogP contribution in [0.3, 0.4) is 0 Å². The number of nitrogens with zero attached hydrogens (tertiary/aromatic N) is 1. The molecule has 0 radical (unpaired) electrons. The Hall–Kier alpha value is -7.17. The summed E-state index contributed by atoms with van der Waals surface area (Å²) in [6, 6.07) is 23.6.